The van der Waals surface area contributed by atoms with Crippen molar-refractivity contribution in [1.82, 2.24) is 0 Å². The van der Waals surface area contributed by atoms with Crippen LogP contribution in [0, 0.1) is 0 Å². The summed E-state index contributed by atoms with van der Waals surface area (Å²) in [6.45, 7) is 4.59. The predicted octanol–water partition coefficient (Wildman–Crippen LogP) is 1.09. The van der Waals surface area contributed by atoms with Crippen molar-refractivity contribution >= 4 is 5.97 Å². The summed E-state index contributed by atoms with van der Waals surface area (Å²) in [6.07, 6.45) is 1.03. The molecule has 0 bridgehead atoms. The molecule has 0 aromatic heterocycles. The zero-order chi connectivity index (χ0) is 9.68. The quantitative estimate of drug-likeness (QED) is 0.619. The maximum Gasteiger partial charge on any atom is 0.305 e. The Kier molecular flexibility index (Phi) is 4.18. The smallest absolute Gasteiger partial charge is 0.305 e. The molecule has 0 N–H and O–H groups in total. The molecule has 0 spiro atoms. The second kappa shape index (κ2) is 5.19. The molecule has 4 nitrogen and oxygen atoms in total. The lowest BCUT2D eigenvalue weighted by molar-refractivity contribution is -0.147. The average Bonchev–Trinajstić information content (AvgIpc) is 2.49. The fourth-order valence-electron chi connectivity index (χ4n) is 1.14. The van der Waals surface area contributed by atoms with Gasteiger partial charge in [0.1, 0.15) is 12.7 Å². The van der Waals surface area contributed by atoms with Crippen molar-refractivity contribution in [2.45, 2.75) is 39.1 Å². The van der Waals surface area contributed by atoms with Crippen LogP contribution in [0.3, 0.4) is 0 Å². The summed E-state index contributed by atoms with van der Waals surface area (Å²) in [5.74, 6) is -0.161. The Bertz CT molecular complexity index is 169. The van der Waals surface area contributed by atoms with Crippen molar-refractivity contribution in [2.24, 2.45) is 0 Å². The van der Waals surface area contributed by atoms with Gasteiger partial charge >= 0.3 is 5.97 Å². The van der Waals surface area contributed by atoms with Crippen LogP contribution in [-0.2, 0) is 19.0 Å². The summed E-state index contributed by atoms with van der Waals surface area (Å²) in [5.41, 5.74) is 0. The van der Waals surface area contributed by atoms with Crippen molar-refractivity contribution < 1.29 is 19.0 Å². The number of rotatable bonds is 4. The average molecular weight is 188 g/mol. The fraction of sp³-hybridized carbons (Fsp3) is 0.889. The van der Waals surface area contributed by atoms with Crippen LogP contribution in [0.5, 0.6) is 0 Å². The van der Waals surface area contributed by atoms with Crippen LogP contribution >= 0.6 is 0 Å². The predicted molar refractivity (Wildman–Crippen MR) is 46.2 cm³/mol. The molecule has 2 atom stereocenters. The van der Waals surface area contributed by atoms with E-state index in [9.17, 15) is 4.79 Å². The molecule has 0 aromatic carbocycles. The standard InChI is InChI=1S/C9H16O4/c1-3-4-9(10)12-6-8-5-11-7(2)13-8/h7-8H,3-6H2,1-2H3. The van der Waals surface area contributed by atoms with Gasteiger partial charge in [-0.1, -0.05) is 6.92 Å². The number of esters is 1. The summed E-state index contributed by atoms with van der Waals surface area (Å²) in [5, 5.41) is 0. The zero-order valence-electron chi connectivity index (χ0n) is 8.12. The van der Waals surface area contributed by atoms with E-state index < -0.39 is 0 Å². The first-order chi connectivity index (χ1) is 6.22. The highest BCUT2D eigenvalue weighted by molar-refractivity contribution is 5.69. The van der Waals surface area contributed by atoms with E-state index in [1.807, 2.05) is 13.8 Å². The van der Waals surface area contributed by atoms with Gasteiger partial charge in [-0.05, 0) is 13.3 Å². The van der Waals surface area contributed by atoms with Gasteiger partial charge in [0.25, 0.3) is 0 Å². The van der Waals surface area contributed by atoms with E-state index in [0.29, 0.717) is 19.6 Å². The molecule has 1 heterocycles. The lowest BCUT2D eigenvalue weighted by atomic mass is 10.3. The number of carbonyl (C=O) groups is 1. The highest BCUT2D eigenvalue weighted by Gasteiger charge is 2.23. The third-order valence-electron chi connectivity index (χ3n) is 1.79. The lowest BCUT2D eigenvalue weighted by Crippen LogP contribution is -2.20. The summed E-state index contributed by atoms with van der Waals surface area (Å²) in [4.78, 5) is 11.0. The fourth-order valence-corrected chi connectivity index (χ4v) is 1.14. The topological polar surface area (TPSA) is 44.8 Å². The molecule has 2 unspecified atom stereocenters. The molecule has 1 saturated heterocycles. The second-order valence-corrected chi connectivity index (χ2v) is 3.09. The molecule has 0 radical (unpaired) electrons. The van der Waals surface area contributed by atoms with Gasteiger partial charge in [0.05, 0.1) is 6.61 Å². The first-order valence-electron chi connectivity index (χ1n) is 4.65. The third-order valence-corrected chi connectivity index (χ3v) is 1.79. The zero-order valence-corrected chi connectivity index (χ0v) is 8.12. The van der Waals surface area contributed by atoms with E-state index in [-0.39, 0.29) is 18.4 Å². The Hall–Kier alpha value is -0.610. The normalized spacial score (nSPS) is 27.5. The largest absolute Gasteiger partial charge is 0.463 e. The van der Waals surface area contributed by atoms with Gasteiger partial charge in [0.2, 0.25) is 0 Å². The highest BCUT2D eigenvalue weighted by Crippen LogP contribution is 2.10. The van der Waals surface area contributed by atoms with Crippen molar-refractivity contribution in [3.05, 3.63) is 0 Å². The van der Waals surface area contributed by atoms with Crippen LogP contribution in [0.15, 0.2) is 0 Å². The first kappa shape index (κ1) is 10.5. The third kappa shape index (κ3) is 3.74. The molecule has 0 aliphatic carbocycles. The van der Waals surface area contributed by atoms with Crippen LogP contribution in [-0.4, -0.2) is 31.6 Å². The van der Waals surface area contributed by atoms with Crippen LogP contribution in [0.1, 0.15) is 26.7 Å². The summed E-state index contributed by atoms with van der Waals surface area (Å²) in [6, 6.07) is 0. The van der Waals surface area contributed by atoms with Crippen LogP contribution < -0.4 is 0 Å². The van der Waals surface area contributed by atoms with E-state index in [0.717, 1.165) is 6.42 Å². The summed E-state index contributed by atoms with van der Waals surface area (Å²) < 4.78 is 15.4. The first-order valence-corrected chi connectivity index (χ1v) is 4.65. The Balaban J connectivity index is 2.09. The SMILES string of the molecule is CCCC(=O)OCC1COC(C)O1. The second-order valence-electron chi connectivity index (χ2n) is 3.09. The molecule has 1 aliphatic rings. The Morgan fingerprint density at radius 3 is 2.92 bits per heavy atom. The van der Waals surface area contributed by atoms with Gasteiger partial charge in [-0.2, -0.15) is 0 Å². The molecular weight excluding hydrogens is 172 g/mol. The minimum atomic E-state index is -0.171. The van der Waals surface area contributed by atoms with Crippen molar-refractivity contribution in [2.75, 3.05) is 13.2 Å². The molecule has 0 amide bonds. The van der Waals surface area contributed by atoms with E-state index in [1.54, 1.807) is 0 Å². The van der Waals surface area contributed by atoms with Crippen LogP contribution in [0.4, 0.5) is 0 Å². The Morgan fingerprint density at radius 1 is 1.62 bits per heavy atom. The minimum Gasteiger partial charge on any atom is -0.463 e. The van der Waals surface area contributed by atoms with E-state index >= 15 is 0 Å². The molecule has 1 rings (SSSR count). The maximum atomic E-state index is 11.0. The molecule has 76 valence electrons. The molecular formula is C9H16O4. The van der Waals surface area contributed by atoms with Crippen molar-refractivity contribution in [3.8, 4) is 0 Å². The molecule has 13 heavy (non-hydrogen) atoms. The molecule has 0 aromatic rings. The monoisotopic (exact) mass is 188 g/mol. The molecule has 1 fully saturated rings. The van der Waals surface area contributed by atoms with Gasteiger partial charge in [0, 0.05) is 6.42 Å². The number of hydrogen-bond acceptors (Lipinski definition) is 4. The number of carbonyl (C=O) groups excluding carboxylic acids is 1. The van der Waals surface area contributed by atoms with Gasteiger partial charge in [-0.3, -0.25) is 4.79 Å². The van der Waals surface area contributed by atoms with Gasteiger partial charge in [0.15, 0.2) is 6.29 Å². The Labute approximate surface area is 78.2 Å². The molecule has 4 heteroatoms. The summed E-state index contributed by atoms with van der Waals surface area (Å²) >= 11 is 0. The number of ether oxygens (including phenoxy) is 3. The van der Waals surface area contributed by atoms with E-state index in [2.05, 4.69) is 0 Å². The highest BCUT2D eigenvalue weighted by atomic mass is 16.7. The van der Waals surface area contributed by atoms with Crippen LogP contribution in [0.2, 0.25) is 0 Å². The number of hydrogen-bond donors (Lipinski definition) is 0. The molecule has 0 saturated carbocycles. The van der Waals surface area contributed by atoms with Crippen molar-refractivity contribution in [1.29, 1.82) is 0 Å². The lowest BCUT2D eigenvalue weighted by Gasteiger charge is -2.08. The van der Waals surface area contributed by atoms with E-state index in [1.165, 1.54) is 0 Å². The summed E-state index contributed by atoms with van der Waals surface area (Å²) in [7, 11) is 0. The molecule has 1 aliphatic heterocycles. The van der Waals surface area contributed by atoms with Crippen LogP contribution in [0.25, 0.3) is 0 Å². The minimum absolute atomic E-state index is 0.0872. The van der Waals surface area contributed by atoms with Crippen molar-refractivity contribution in [3.63, 3.8) is 0 Å². The van der Waals surface area contributed by atoms with Gasteiger partial charge in [-0.25, -0.2) is 0 Å². The maximum absolute atomic E-state index is 11.0. The van der Waals surface area contributed by atoms with Gasteiger partial charge in [-0.15, -0.1) is 0 Å². The van der Waals surface area contributed by atoms with Gasteiger partial charge < -0.3 is 14.2 Å². The van der Waals surface area contributed by atoms with E-state index in [4.69, 9.17) is 14.2 Å². The Morgan fingerprint density at radius 2 is 2.38 bits per heavy atom.